The number of carbonyl (C=O) groups excluding carboxylic acids is 1. The van der Waals surface area contributed by atoms with Gasteiger partial charge in [-0.1, -0.05) is 0 Å². The number of benzene rings is 1. The van der Waals surface area contributed by atoms with E-state index in [1.807, 2.05) is 0 Å². The smallest absolute Gasteiger partial charge is 0.305 e. The maximum atomic E-state index is 13.2. The summed E-state index contributed by atoms with van der Waals surface area (Å²) in [5.41, 5.74) is -0.372. The van der Waals surface area contributed by atoms with E-state index in [1.54, 1.807) is 0 Å². The Balaban J connectivity index is 2.26. The number of carbonyl (C=O) groups is 2. The number of aliphatic carboxylic acids is 1. The number of rotatable bonds is 3. The fourth-order valence-corrected chi connectivity index (χ4v) is 2.14. The minimum atomic E-state index is -1.66. The van der Waals surface area contributed by atoms with E-state index in [1.165, 1.54) is 4.90 Å². The summed E-state index contributed by atoms with van der Waals surface area (Å²) in [5, 5.41) is 8.80. The topological polar surface area (TPSA) is 66.8 Å². The van der Waals surface area contributed by atoms with Crippen LogP contribution < -0.4 is 0 Å². The summed E-state index contributed by atoms with van der Waals surface area (Å²) >= 11 is 0. The number of nitrogens with zero attached hydrogens (tertiary/aromatic N) is 1. The molecule has 8 heteroatoms. The molecule has 1 fully saturated rings. The van der Waals surface area contributed by atoms with Gasteiger partial charge >= 0.3 is 5.97 Å². The molecule has 0 spiro atoms. The van der Waals surface area contributed by atoms with Crippen LogP contribution in [0.2, 0.25) is 0 Å². The first-order chi connectivity index (χ1) is 9.90. The van der Waals surface area contributed by atoms with Gasteiger partial charge in [0.2, 0.25) is 0 Å². The molecule has 1 unspecified atom stereocenters. The second-order valence-electron chi connectivity index (χ2n) is 4.58. The number of hydrogen-bond donors (Lipinski definition) is 1. The van der Waals surface area contributed by atoms with Gasteiger partial charge in [0.25, 0.3) is 5.91 Å². The summed E-state index contributed by atoms with van der Waals surface area (Å²) in [6.07, 6.45) is -0.349. The van der Waals surface area contributed by atoms with E-state index in [4.69, 9.17) is 9.84 Å². The van der Waals surface area contributed by atoms with Gasteiger partial charge in [0, 0.05) is 12.1 Å². The first-order valence-corrected chi connectivity index (χ1v) is 6.15. The van der Waals surface area contributed by atoms with Crippen LogP contribution in [0.4, 0.5) is 13.2 Å². The summed E-state index contributed by atoms with van der Waals surface area (Å²) in [6, 6.07) is 0.446. The zero-order valence-corrected chi connectivity index (χ0v) is 10.8. The molecule has 2 rings (SSSR count). The molecule has 21 heavy (non-hydrogen) atoms. The van der Waals surface area contributed by atoms with E-state index in [2.05, 4.69) is 0 Å². The number of carboxylic acids is 1. The van der Waals surface area contributed by atoms with Crippen LogP contribution in [0.1, 0.15) is 16.8 Å². The van der Waals surface area contributed by atoms with Gasteiger partial charge in [-0.3, -0.25) is 9.59 Å². The highest BCUT2D eigenvalue weighted by Gasteiger charge is 2.30. The highest BCUT2D eigenvalue weighted by molar-refractivity contribution is 5.94. The second kappa shape index (κ2) is 6.13. The molecule has 1 aromatic rings. The van der Waals surface area contributed by atoms with Gasteiger partial charge in [-0.25, -0.2) is 13.2 Å². The second-order valence-corrected chi connectivity index (χ2v) is 4.58. The fraction of sp³-hybridized carbons (Fsp3) is 0.385. The Labute approximate surface area is 117 Å². The Kier molecular flexibility index (Phi) is 4.46. The molecule has 1 amide bonds. The lowest BCUT2D eigenvalue weighted by molar-refractivity contribution is -0.139. The average molecular weight is 303 g/mol. The molecule has 0 aliphatic carbocycles. The number of morpholine rings is 1. The number of ether oxygens (including phenoxy) is 1. The van der Waals surface area contributed by atoms with Crippen LogP contribution in [0.3, 0.4) is 0 Å². The van der Waals surface area contributed by atoms with E-state index in [9.17, 15) is 22.8 Å². The molecule has 0 radical (unpaired) electrons. The molecule has 0 saturated carbocycles. The monoisotopic (exact) mass is 303 g/mol. The SMILES string of the molecule is O=C(O)CC1COCCN1C(=O)c1cc(F)c(F)c(F)c1. The van der Waals surface area contributed by atoms with Crippen molar-refractivity contribution in [2.75, 3.05) is 19.8 Å². The minimum Gasteiger partial charge on any atom is -0.481 e. The normalized spacial score (nSPS) is 18.6. The maximum Gasteiger partial charge on any atom is 0.305 e. The predicted octanol–water partition coefficient (Wildman–Crippen LogP) is 1.42. The molecule has 5 nitrogen and oxygen atoms in total. The number of amides is 1. The summed E-state index contributed by atoms with van der Waals surface area (Å²) in [5.74, 6) is -6.49. The van der Waals surface area contributed by atoms with Crippen molar-refractivity contribution in [2.24, 2.45) is 0 Å². The summed E-state index contributed by atoms with van der Waals surface area (Å²) in [7, 11) is 0. The number of hydrogen-bond acceptors (Lipinski definition) is 3. The van der Waals surface area contributed by atoms with Gasteiger partial charge in [-0.05, 0) is 12.1 Å². The highest BCUT2D eigenvalue weighted by atomic mass is 19.2. The fourth-order valence-electron chi connectivity index (χ4n) is 2.14. The van der Waals surface area contributed by atoms with Crippen molar-refractivity contribution in [3.63, 3.8) is 0 Å². The Bertz CT molecular complexity index is 556. The molecule has 1 aliphatic heterocycles. The summed E-state index contributed by atoms with van der Waals surface area (Å²) < 4.78 is 44.3. The van der Waals surface area contributed by atoms with Crippen molar-refractivity contribution >= 4 is 11.9 Å². The van der Waals surface area contributed by atoms with Gasteiger partial charge in [-0.2, -0.15) is 0 Å². The van der Waals surface area contributed by atoms with Crippen molar-refractivity contribution in [3.05, 3.63) is 35.1 Å². The molecule has 1 aliphatic rings. The first-order valence-electron chi connectivity index (χ1n) is 6.15. The summed E-state index contributed by atoms with van der Waals surface area (Å²) in [4.78, 5) is 24.2. The van der Waals surface area contributed by atoms with Crippen LogP contribution in [0, 0.1) is 17.5 Å². The van der Waals surface area contributed by atoms with Gasteiger partial charge in [0.15, 0.2) is 17.5 Å². The third-order valence-electron chi connectivity index (χ3n) is 3.13. The molecule has 1 aromatic carbocycles. The van der Waals surface area contributed by atoms with Crippen molar-refractivity contribution in [1.29, 1.82) is 0 Å². The Morgan fingerprint density at radius 2 is 1.90 bits per heavy atom. The van der Waals surface area contributed by atoms with Crippen LogP contribution >= 0.6 is 0 Å². The molecule has 0 bridgehead atoms. The first kappa shape index (κ1) is 15.3. The average Bonchev–Trinajstić information content (AvgIpc) is 2.43. The predicted molar refractivity (Wildman–Crippen MR) is 64.2 cm³/mol. The van der Waals surface area contributed by atoms with Gasteiger partial charge < -0.3 is 14.7 Å². The molecular formula is C13H12F3NO4. The third-order valence-corrected chi connectivity index (χ3v) is 3.13. The third kappa shape index (κ3) is 3.33. The molecule has 1 atom stereocenters. The summed E-state index contributed by atoms with van der Waals surface area (Å²) in [6.45, 7) is 0.301. The van der Waals surface area contributed by atoms with E-state index < -0.39 is 35.4 Å². The molecule has 0 aromatic heterocycles. The van der Waals surface area contributed by atoms with Crippen molar-refractivity contribution in [1.82, 2.24) is 4.90 Å². The zero-order chi connectivity index (χ0) is 15.6. The van der Waals surface area contributed by atoms with Crippen molar-refractivity contribution in [3.8, 4) is 0 Å². The molecule has 114 valence electrons. The lowest BCUT2D eigenvalue weighted by Crippen LogP contribution is -2.49. The van der Waals surface area contributed by atoms with Crippen LogP contribution in [-0.4, -0.2) is 47.7 Å². The van der Waals surface area contributed by atoms with Gasteiger partial charge in [0.05, 0.1) is 25.7 Å². The largest absolute Gasteiger partial charge is 0.481 e. The number of halogens is 3. The van der Waals surface area contributed by atoms with E-state index in [0.29, 0.717) is 12.1 Å². The molecular weight excluding hydrogens is 291 g/mol. The standard InChI is InChI=1S/C13H12F3NO4/c14-9-3-7(4-10(15)12(9)16)13(20)17-1-2-21-6-8(17)5-11(18)19/h3-4,8H,1-2,5-6H2,(H,18,19). The van der Waals surface area contributed by atoms with Crippen LogP contribution in [-0.2, 0) is 9.53 Å². The Hall–Kier alpha value is -2.09. The van der Waals surface area contributed by atoms with Crippen molar-refractivity contribution < 1.29 is 32.6 Å². The Morgan fingerprint density at radius 3 is 2.48 bits per heavy atom. The van der Waals surface area contributed by atoms with E-state index in [0.717, 1.165) is 0 Å². The van der Waals surface area contributed by atoms with E-state index >= 15 is 0 Å². The van der Waals surface area contributed by atoms with Gasteiger partial charge in [0.1, 0.15) is 0 Å². The van der Waals surface area contributed by atoms with E-state index in [-0.39, 0.29) is 31.7 Å². The van der Waals surface area contributed by atoms with Crippen LogP contribution in [0.5, 0.6) is 0 Å². The minimum absolute atomic E-state index is 0.0181. The molecule has 1 N–H and O–H groups in total. The van der Waals surface area contributed by atoms with Gasteiger partial charge in [-0.15, -0.1) is 0 Å². The lowest BCUT2D eigenvalue weighted by Gasteiger charge is -2.34. The Morgan fingerprint density at radius 1 is 1.29 bits per heavy atom. The van der Waals surface area contributed by atoms with Crippen LogP contribution in [0.15, 0.2) is 12.1 Å². The number of carboxylic acid groups (broad SMARTS) is 1. The zero-order valence-electron chi connectivity index (χ0n) is 10.8. The van der Waals surface area contributed by atoms with Crippen LogP contribution in [0.25, 0.3) is 0 Å². The maximum absolute atomic E-state index is 13.2. The highest BCUT2D eigenvalue weighted by Crippen LogP contribution is 2.19. The quantitative estimate of drug-likeness (QED) is 0.858. The molecule has 1 saturated heterocycles. The lowest BCUT2D eigenvalue weighted by atomic mass is 10.1. The van der Waals surface area contributed by atoms with Crippen molar-refractivity contribution in [2.45, 2.75) is 12.5 Å². The molecule has 1 heterocycles.